The van der Waals surface area contributed by atoms with Crippen molar-refractivity contribution < 1.29 is 19.1 Å². The highest BCUT2D eigenvalue weighted by atomic mass is 35.5. The SMILES string of the molecule is O=C(O)C1CCN(C(=O)c2ccc(Cl)o2)C1. The predicted molar refractivity (Wildman–Crippen MR) is 55.4 cm³/mol. The second-order valence-electron chi connectivity index (χ2n) is 3.68. The van der Waals surface area contributed by atoms with Gasteiger partial charge in [-0.3, -0.25) is 9.59 Å². The van der Waals surface area contributed by atoms with Crippen LogP contribution >= 0.6 is 11.6 Å². The van der Waals surface area contributed by atoms with Crippen LogP contribution in [0.4, 0.5) is 0 Å². The van der Waals surface area contributed by atoms with Crippen LogP contribution in [0.15, 0.2) is 16.5 Å². The van der Waals surface area contributed by atoms with E-state index in [2.05, 4.69) is 0 Å². The minimum Gasteiger partial charge on any atom is -0.481 e. The second-order valence-corrected chi connectivity index (χ2v) is 4.05. The Balaban J connectivity index is 2.05. The summed E-state index contributed by atoms with van der Waals surface area (Å²) in [7, 11) is 0. The summed E-state index contributed by atoms with van der Waals surface area (Å²) in [4.78, 5) is 24.0. The highest BCUT2D eigenvalue weighted by molar-refractivity contribution is 6.29. The Labute approximate surface area is 96.6 Å². The number of likely N-dealkylation sites (tertiary alicyclic amines) is 1. The topological polar surface area (TPSA) is 70.8 Å². The van der Waals surface area contributed by atoms with Crippen molar-refractivity contribution in [3.8, 4) is 0 Å². The van der Waals surface area contributed by atoms with Gasteiger partial charge in [0.05, 0.1) is 5.92 Å². The molecule has 2 heterocycles. The summed E-state index contributed by atoms with van der Waals surface area (Å²) in [5.41, 5.74) is 0. The summed E-state index contributed by atoms with van der Waals surface area (Å²) in [6, 6.07) is 2.97. The number of nitrogens with zero attached hydrogens (tertiary/aromatic N) is 1. The van der Waals surface area contributed by atoms with E-state index in [4.69, 9.17) is 21.1 Å². The smallest absolute Gasteiger partial charge is 0.308 e. The first-order valence-corrected chi connectivity index (χ1v) is 5.23. The van der Waals surface area contributed by atoms with Crippen molar-refractivity contribution >= 4 is 23.5 Å². The molecule has 0 saturated carbocycles. The second kappa shape index (κ2) is 4.17. The molecule has 0 spiro atoms. The third kappa shape index (κ3) is 2.04. The monoisotopic (exact) mass is 243 g/mol. The van der Waals surface area contributed by atoms with E-state index in [1.807, 2.05) is 0 Å². The van der Waals surface area contributed by atoms with Gasteiger partial charge < -0.3 is 14.4 Å². The lowest BCUT2D eigenvalue weighted by Gasteiger charge is -2.13. The van der Waals surface area contributed by atoms with Crippen molar-refractivity contribution in [2.24, 2.45) is 5.92 Å². The predicted octanol–water partition coefficient (Wildman–Crippen LogP) is 1.48. The van der Waals surface area contributed by atoms with E-state index < -0.39 is 11.9 Å². The number of carbonyl (C=O) groups is 2. The van der Waals surface area contributed by atoms with Gasteiger partial charge in [-0.05, 0) is 30.2 Å². The number of furan rings is 1. The lowest BCUT2D eigenvalue weighted by Crippen LogP contribution is -2.29. The first-order valence-electron chi connectivity index (χ1n) is 4.85. The lowest BCUT2D eigenvalue weighted by molar-refractivity contribution is -0.141. The van der Waals surface area contributed by atoms with Gasteiger partial charge in [0.2, 0.25) is 0 Å². The molecule has 86 valence electrons. The Hall–Kier alpha value is -1.49. The molecule has 2 rings (SSSR count). The normalized spacial score (nSPS) is 20.1. The lowest BCUT2D eigenvalue weighted by atomic mass is 10.1. The quantitative estimate of drug-likeness (QED) is 0.854. The van der Waals surface area contributed by atoms with Gasteiger partial charge in [0.25, 0.3) is 5.91 Å². The summed E-state index contributed by atoms with van der Waals surface area (Å²) >= 11 is 5.56. The van der Waals surface area contributed by atoms with Crippen LogP contribution in [0, 0.1) is 5.92 Å². The number of carbonyl (C=O) groups excluding carboxylic acids is 1. The fourth-order valence-electron chi connectivity index (χ4n) is 1.73. The Bertz CT molecular complexity index is 428. The van der Waals surface area contributed by atoms with E-state index in [0.717, 1.165) is 0 Å². The van der Waals surface area contributed by atoms with Crippen molar-refractivity contribution in [2.75, 3.05) is 13.1 Å². The fourth-order valence-corrected chi connectivity index (χ4v) is 1.88. The third-order valence-electron chi connectivity index (χ3n) is 2.61. The van der Waals surface area contributed by atoms with E-state index in [1.165, 1.54) is 17.0 Å². The average molecular weight is 244 g/mol. The molecule has 0 radical (unpaired) electrons. The maximum atomic E-state index is 11.8. The van der Waals surface area contributed by atoms with Gasteiger partial charge >= 0.3 is 5.97 Å². The number of carboxylic acids is 1. The highest BCUT2D eigenvalue weighted by Gasteiger charge is 2.32. The summed E-state index contributed by atoms with van der Waals surface area (Å²) in [6.07, 6.45) is 0.482. The number of amides is 1. The molecule has 1 fully saturated rings. The number of halogens is 1. The van der Waals surface area contributed by atoms with E-state index in [0.29, 0.717) is 13.0 Å². The first kappa shape index (κ1) is 11.0. The van der Waals surface area contributed by atoms with Gasteiger partial charge in [0, 0.05) is 13.1 Å². The molecule has 5 nitrogen and oxygen atoms in total. The van der Waals surface area contributed by atoms with Crippen LogP contribution in [0.5, 0.6) is 0 Å². The minimum absolute atomic E-state index is 0.149. The zero-order valence-electron chi connectivity index (χ0n) is 8.35. The number of rotatable bonds is 2. The number of hydrogen-bond acceptors (Lipinski definition) is 3. The average Bonchev–Trinajstić information content (AvgIpc) is 2.84. The van der Waals surface area contributed by atoms with Crippen LogP contribution < -0.4 is 0 Å². The zero-order chi connectivity index (χ0) is 11.7. The number of carboxylic acid groups (broad SMARTS) is 1. The van der Waals surface area contributed by atoms with Crippen molar-refractivity contribution in [3.05, 3.63) is 23.1 Å². The molecule has 1 N–H and O–H groups in total. The maximum Gasteiger partial charge on any atom is 0.308 e. The fraction of sp³-hybridized carbons (Fsp3) is 0.400. The van der Waals surface area contributed by atoms with Crippen LogP contribution in [0.1, 0.15) is 17.0 Å². The molecule has 0 bridgehead atoms. The molecule has 16 heavy (non-hydrogen) atoms. The molecule has 1 aliphatic rings. The minimum atomic E-state index is -0.868. The zero-order valence-corrected chi connectivity index (χ0v) is 9.11. The number of hydrogen-bond donors (Lipinski definition) is 1. The molecule has 0 aromatic carbocycles. The molecule has 1 aromatic rings. The first-order chi connectivity index (χ1) is 7.58. The molecular weight excluding hydrogens is 234 g/mol. The summed E-state index contributed by atoms with van der Waals surface area (Å²) in [5, 5.41) is 8.96. The van der Waals surface area contributed by atoms with Gasteiger partial charge in [-0.2, -0.15) is 0 Å². The molecule has 0 aliphatic carbocycles. The molecule has 6 heteroatoms. The van der Waals surface area contributed by atoms with Crippen LogP contribution in [0.25, 0.3) is 0 Å². The summed E-state index contributed by atoms with van der Waals surface area (Å²) in [6.45, 7) is 0.667. The van der Waals surface area contributed by atoms with Gasteiger partial charge in [-0.15, -0.1) is 0 Å². The molecule has 1 aliphatic heterocycles. The maximum absolute atomic E-state index is 11.8. The Morgan fingerprint density at radius 3 is 2.75 bits per heavy atom. The standard InChI is InChI=1S/C10H10ClNO4/c11-8-2-1-7(16-8)9(13)12-4-3-6(5-12)10(14)15/h1-2,6H,3-5H2,(H,14,15). The Morgan fingerprint density at radius 1 is 1.50 bits per heavy atom. The van der Waals surface area contributed by atoms with E-state index >= 15 is 0 Å². The number of aliphatic carboxylic acids is 1. The van der Waals surface area contributed by atoms with Gasteiger partial charge in [0.1, 0.15) is 0 Å². The van der Waals surface area contributed by atoms with E-state index in [1.54, 1.807) is 0 Å². The van der Waals surface area contributed by atoms with Crippen LogP contribution in [-0.4, -0.2) is 35.0 Å². The summed E-state index contributed by atoms with van der Waals surface area (Å²) < 4.78 is 4.98. The van der Waals surface area contributed by atoms with Gasteiger partial charge in [0.15, 0.2) is 11.0 Å². The van der Waals surface area contributed by atoms with Crippen molar-refractivity contribution in [3.63, 3.8) is 0 Å². The van der Waals surface area contributed by atoms with Gasteiger partial charge in [-0.25, -0.2) is 0 Å². The van der Waals surface area contributed by atoms with E-state index in [9.17, 15) is 9.59 Å². The van der Waals surface area contributed by atoms with Crippen LogP contribution in [-0.2, 0) is 4.79 Å². The van der Waals surface area contributed by atoms with Crippen molar-refractivity contribution in [1.82, 2.24) is 4.90 Å². The van der Waals surface area contributed by atoms with Crippen LogP contribution in [0.3, 0.4) is 0 Å². The highest BCUT2D eigenvalue weighted by Crippen LogP contribution is 2.21. The Kier molecular flexibility index (Phi) is 2.87. The molecule has 1 unspecified atom stereocenters. The molecule has 1 atom stereocenters. The van der Waals surface area contributed by atoms with Crippen molar-refractivity contribution in [2.45, 2.75) is 6.42 Å². The Morgan fingerprint density at radius 2 is 2.25 bits per heavy atom. The molecule has 1 aromatic heterocycles. The van der Waals surface area contributed by atoms with Crippen molar-refractivity contribution in [1.29, 1.82) is 0 Å². The molecule has 1 amide bonds. The molecular formula is C10H10ClNO4. The third-order valence-corrected chi connectivity index (χ3v) is 2.81. The van der Waals surface area contributed by atoms with Gasteiger partial charge in [-0.1, -0.05) is 0 Å². The van der Waals surface area contributed by atoms with E-state index in [-0.39, 0.29) is 23.4 Å². The summed E-state index contributed by atoms with van der Waals surface area (Å²) in [5.74, 6) is -1.51. The largest absolute Gasteiger partial charge is 0.481 e. The van der Waals surface area contributed by atoms with Crippen LogP contribution in [0.2, 0.25) is 5.22 Å². The molecule has 1 saturated heterocycles.